The largest absolute Gasteiger partial charge is 0.491 e. The molecule has 0 radical (unpaired) electrons. The van der Waals surface area contributed by atoms with E-state index in [1.165, 1.54) is 0 Å². The lowest BCUT2D eigenvalue weighted by Gasteiger charge is -2.11. The van der Waals surface area contributed by atoms with Gasteiger partial charge in [-0.15, -0.1) is 0 Å². The van der Waals surface area contributed by atoms with Crippen LogP contribution in [0.1, 0.15) is 35.3 Å². The van der Waals surface area contributed by atoms with Crippen molar-refractivity contribution in [1.29, 1.82) is 0 Å². The van der Waals surface area contributed by atoms with Crippen molar-refractivity contribution in [1.82, 2.24) is 0 Å². The Kier molecular flexibility index (Phi) is 4.61. The standard InChI is InChI=1S/C17H17BrO2/c1-11(2)20-15-6-4-5-13(10-15)17(19)16-8-7-14(18)9-12(16)3/h4-11H,1-3H3. The van der Waals surface area contributed by atoms with Crippen molar-refractivity contribution < 1.29 is 9.53 Å². The van der Waals surface area contributed by atoms with Crippen molar-refractivity contribution in [3.8, 4) is 5.75 Å². The maximum absolute atomic E-state index is 12.5. The van der Waals surface area contributed by atoms with Crippen molar-refractivity contribution in [3.05, 3.63) is 63.6 Å². The molecule has 3 heteroatoms. The van der Waals surface area contributed by atoms with Crippen LogP contribution in [0.2, 0.25) is 0 Å². The van der Waals surface area contributed by atoms with E-state index in [1.54, 1.807) is 6.07 Å². The van der Waals surface area contributed by atoms with E-state index >= 15 is 0 Å². The van der Waals surface area contributed by atoms with Gasteiger partial charge in [-0.25, -0.2) is 0 Å². The van der Waals surface area contributed by atoms with Gasteiger partial charge in [0.1, 0.15) is 5.75 Å². The van der Waals surface area contributed by atoms with Crippen LogP contribution < -0.4 is 4.74 Å². The molecule has 2 nitrogen and oxygen atoms in total. The van der Waals surface area contributed by atoms with Crippen LogP contribution in [0.4, 0.5) is 0 Å². The lowest BCUT2D eigenvalue weighted by atomic mass is 9.99. The van der Waals surface area contributed by atoms with Gasteiger partial charge in [0.15, 0.2) is 5.78 Å². The summed E-state index contributed by atoms with van der Waals surface area (Å²) in [6, 6.07) is 13.0. The predicted octanol–water partition coefficient (Wildman–Crippen LogP) is 4.78. The number of ether oxygens (including phenoxy) is 1. The van der Waals surface area contributed by atoms with E-state index in [0.717, 1.165) is 21.3 Å². The number of carbonyl (C=O) groups is 1. The first-order valence-electron chi connectivity index (χ1n) is 6.55. The number of ketones is 1. The number of aryl methyl sites for hydroxylation is 1. The van der Waals surface area contributed by atoms with E-state index in [9.17, 15) is 4.79 Å². The van der Waals surface area contributed by atoms with Gasteiger partial charge in [-0.2, -0.15) is 0 Å². The molecule has 0 amide bonds. The Labute approximate surface area is 127 Å². The predicted molar refractivity (Wildman–Crippen MR) is 84.5 cm³/mol. The van der Waals surface area contributed by atoms with Crippen LogP contribution in [0.25, 0.3) is 0 Å². The van der Waals surface area contributed by atoms with Crippen molar-refractivity contribution >= 4 is 21.7 Å². The number of hydrogen-bond donors (Lipinski definition) is 0. The molecule has 0 aliphatic rings. The fraction of sp³-hybridized carbons (Fsp3) is 0.235. The zero-order valence-corrected chi connectivity index (χ0v) is 13.4. The maximum atomic E-state index is 12.5. The molecule has 0 fully saturated rings. The molecule has 2 aromatic rings. The minimum Gasteiger partial charge on any atom is -0.491 e. The summed E-state index contributed by atoms with van der Waals surface area (Å²) in [5.74, 6) is 0.741. The number of rotatable bonds is 4. The summed E-state index contributed by atoms with van der Waals surface area (Å²) >= 11 is 3.41. The highest BCUT2D eigenvalue weighted by molar-refractivity contribution is 9.10. The highest BCUT2D eigenvalue weighted by Crippen LogP contribution is 2.21. The minimum atomic E-state index is 0.0178. The summed E-state index contributed by atoms with van der Waals surface area (Å²) in [6.07, 6.45) is 0.0924. The summed E-state index contributed by atoms with van der Waals surface area (Å²) < 4.78 is 6.61. The van der Waals surface area contributed by atoms with Gasteiger partial charge in [0.05, 0.1) is 6.10 Å². The lowest BCUT2D eigenvalue weighted by molar-refractivity contribution is 0.103. The van der Waals surface area contributed by atoms with Gasteiger partial charge in [-0.05, 0) is 56.7 Å². The topological polar surface area (TPSA) is 26.3 Å². The first-order valence-corrected chi connectivity index (χ1v) is 7.34. The normalized spacial score (nSPS) is 10.7. The van der Waals surface area contributed by atoms with Crippen molar-refractivity contribution in [2.45, 2.75) is 26.9 Å². The van der Waals surface area contributed by atoms with Gasteiger partial charge in [-0.3, -0.25) is 4.79 Å². The van der Waals surface area contributed by atoms with Crippen LogP contribution in [0.15, 0.2) is 46.9 Å². The third-order valence-electron chi connectivity index (χ3n) is 2.90. The average Bonchev–Trinajstić information content (AvgIpc) is 2.37. The molecule has 0 spiro atoms. The summed E-state index contributed by atoms with van der Waals surface area (Å²) in [5.41, 5.74) is 2.32. The molecule has 20 heavy (non-hydrogen) atoms. The molecular formula is C17H17BrO2. The SMILES string of the molecule is Cc1cc(Br)ccc1C(=O)c1cccc(OC(C)C)c1. The highest BCUT2D eigenvalue weighted by Gasteiger charge is 2.13. The Morgan fingerprint density at radius 3 is 2.55 bits per heavy atom. The van der Waals surface area contributed by atoms with Crippen LogP contribution in [0.3, 0.4) is 0 Å². The molecule has 0 heterocycles. The van der Waals surface area contributed by atoms with E-state index in [1.807, 2.05) is 57.2 Å². The van der Waals surface area contributed by atoms with E-state index in [-0.39, 0.29) is 11.9 Å². The molecule has 0 atom stereocenters. The molecular weight excluding hydrogens is 316 g/mol. The molecule has 0 bridgehead atoms. The van der Waals surface area contributed by atoms with Crippen LogP contribution in [0, 0.1) is 6.92 Å². The number of carbonyl (C=O) groups excluding carboxylic acids is 1. The monoisotopic (exact) mass is 332 g/mol. The van der Waals surface area contributed by atoms with Crippen molar-refractivity contribution in [3.63, 3.8) is 0 Å². The zero-order chi connectivity index (χ0) is 14.7. The highest BCUT2D eigenvalue weighted by atomic mass is 79.9. The smallest absolute Gasteiger partial charge is 0.193 e. The second-order valence-corrected chi connectivity index (χ2v) is 5.90. The van der Waals surface area contributed by atoms with Gasteiger partial charge in [0, 0.05) is 15.6 Å². The Bertz CT molecular complexity index is 633. The summed E-state index contributed by atoms with van der Waals surface area (Å²) in [4.78, 5) is 12.5. The summed E-state index contributed by atoms with van der Waals surface area (Å²) in [6.45, 7) is 5.87. The first kappa shape index (κ1) is 14.8. The van der Waals surface area contributed by atoms with Gasteiger partial charge in [0.2, 0.25) is 0 Å². The van der Waals surface area contributed by atoms with Crippen molar-refractivity contribution in [2.75, 3.05) is 0 Å². The number of hydrogen-bond acceptors (Lipinski definition) is 2. The third-order valence-corrected chi connectivity index (χ3v) is 3.39. The first-order chi connectivity index (χ1) is 9.47. The van der Waals surface area contributed by atoms with Crippen LogP contribution in [-0.2, 0) is 0 Å². The molecule has 2 rings (SSSR count). The molecule has 104 valence electrons. The van der Waals surface area contributed by atoms with Gasteiger partial charge in [0.25, 0.3) is 0 Å². The second-order valence-electron chi connectivity index (χ2n) is 4.98. The molecule has 0 unspecified atom stereocenters. The molecule has 0 aliphatic heterocycles. The molecule has 0 aromatic heterocycles. The zero-order valence-electron chi connectivity index (χ0n) is 11.8. The van der Waals surface area contributed by atoms with E-state index < -0.39 is 0 Å². The summed E-state index contributed by atoms with van der Waals surface area (Å²) in [7, 11) is 0. The van der Waals surface area contributed by atoms with Crippen molar-refractivity contribution in [2.24, 2.45) is 0 Å². The lowest BCUT2D eigenvalue weighted by Crippen LogP contribution is -2.07. The van der Waals surface area contributed by atoms with E-state index in [4.69, 9.17) is 4.74 Å². The molecule has 0 N–H and O–H groups in total. The molecule has 2 aromatic carbocycles. The van der Waals surface area contributed by atoms with Gasteiger partial charge < -0.3 is 4.74 Å². The van der Waals surface area contributed by atoms with E-state index in [0.29, 0.717) is 5.56 Å². The average molecular weight is 333 g/mol. The fourth-order valence-corrected chi connectivity index (χ4v) is 2.50. The molecule has 0 saturated heterocycles. The maximum Gasteiger partial charge on any atom is 0.193 e. The number of halogens is 1. The van der Waals surface area contributed by atoms with Gasteiger partial charge in [-0.1, -0.05) is 28.1 Å². The second kappa shape index (κ2) is 6.23. The van der Waals surface area contributed by atoms with Crippen LogP contribution in [-0.4, -0.2) is 11.9 Å². The van der Waals surface area contributed by atoms with Crippen LogP contribution >= 0.6 is 15.9 Å². The number of benzene rings is 2. The minimum absolute atomic E-state index is 0.0178. The Morgan fingerprint density at radius 1 is 1.15 bits per heavy atom. The molecule has 0 saturated carbocycles. The third kappa shape index (κ3) is 3.48. The quantitative estimate of drug-likeness (QED) is 0.753. The fourth-order valence-electron chi connectivity index (χ4n) is 2.02. The van der Waals surface area contributed by atoms with E-state index in [2.05, 4.69) is 15.9 Å². The molecule has 0 aliphatic carbocycles. The Balaban J connectivity index is 2.33. The Morgan fingerprint density at radius 2 is 1.90 bits per heavy atom. The summed E-state index contributed by atoms with van der Waals surface area (Å²) in [5, 5.41) is 0. The van der Waals surface area contributed by atoms with Gasteiger partial charge >= 0.3 is 0 Å². The van der Waals surface area contributed by atoms with Crippen LogP contribution in [0.5, 0.6) is 5.75 Å². The Hall–Kier alpha value is -1.61.